The Morgan fingerprint density at radius 3 is 2.62 bits per heavy atom. The van der Waals surface area contributed by atoms with E-state index in [1.165, 1.54) is 0 Å². The fraction of sp³-hybridized carbons (Fsp3) is 0.400. The largest absolute Gasteiger partial charge is 0.493 e. The molecule has 0 amide bonds. The number of anilines is 1. The summed E-state index contributed by atoms with van der Waals surface area (Å²) in [6.45, 7) is 5.38. The minimum atomic E-state index is 0. The standard InChI is InChI=1S/C20H25N5O3.ClH/c1-26-17-4-3-15(13-18(17)27-2)25-7-5-16-19(22-14-23-20(16)25)21-6-8-24-9-11-28-12-10-24;/h3-5,7,13-14H,6,8-12H2,1-2H3,(H,21,22,23);1H. The maximum atomic E-state index is 5.42. The fourth-order valence-electron chi connectivity index (χ4n) is 3.43. The maximum absolute atomic E-state index is 5.42. The van der Waals surface area contributed by atoms with Crippen LogP contribution in [0.1, 0.15) is 0 Å². The highest BCUT2D eigenvalue weighted by Crippen LogP contribution is 2.31. The Bertz CT molecular complexity index is 943. The van der Waals surface area contributed by atoms with E-state index < -0.39 is 0 Å². The smallest absolute Gasteiger partial charge is 0.162 e. The van der Waals surface area contributed by atoms with Crippen molar-refractivity contribution in [3.63, 3.8) is 0 Å². The van der Waals surface area contributed by atoms with Gasteiger partial charge in [-0.25, -0.2) is 9.97 Å². The second-order valence-corrected chi connectivity index (χ2v) is 6.57. The van der Waals surface area contributed by atoms with Crippen LogP contribution in [0.2, 0.25) is 0 Å². The third-order valence-electron chi connectivity index (χ3n) is 4.95. The molecule has 156 valence electrons. The lowest BCUT2D eigenvalue weighted by atomic mass is 10.2. The molecule has 1 aliphatic heterocycles. The number of hydrogen-bond acceptors (Lipinski definition) is 7. The maximum Gasteiger partial charge on any atom is 0.162 e. The molecule has 0 unspecified atom stereocenters. The predicted octanol–water partition coefficient (Wildman–Crippen LogP) is 2.60. The summed E-state index contributed by atoms with van der Waals surface area (Å²) < 4.78 is 18.2. The van der Waals surface area contributed by atoms with Crippen LogP contribution in [0.3, 0.4) is 0 Å². The third kappa shape index (κ3) is 4.55. The highest BCUT2D eigenvalue weighted by Gasteiger charge is 2.13. The lowest BCUT2D eigenvalue weighted by molar-refractivity contribution is 0.0398. The topological polar surface area (TPSA) is 73.7 Å². The molecule has 0 bridgehead atoms. The first kappa shape index (κ1) is 21.2. The monoisotopic (exact) mass is 419 g/mol. The van der Waals surface area contributed by atoms with E-state index in [1.54, 1.807) is 20.5 Å². The number of rotatable bonds is 7. The van der Waals surface area contributed by atoms with Gasteiger partial charge in [-0.2, -0.15) is 0 Å². The summed E-state index contributed by atoms with van der Waals surface area (Å²) in [5, 5.41) is 4.43. The van der Waals surface area contributed by atoms with Crippen LogP contribution < -0.4 is 14.8 Å². The number of methoxy groups -OCH3 is 2. The minimum absolute atomic E-state index is 0. The number of aromatic nitrogens is 3. The Balaban J connectivity index is 0.00000240. The van der Waals surface area contributed by atoms with E-state index in [9.17, 15) is 0 Å². The zero-order valence-electron chi connectivity index (χ0n) is 16.6. The van der Waals surface area contributed by atoms with E-state index in [1.807, 2.05) is 35.0 Å². The van der Waals surface area contributed by atoms with Crippen molar-refractivity contribution >= 4 is 29.3 Å². The van der Waals surface area contributed by atoms with Gasteiger partial charge in [0.1, 0.15) is 17.8 Å². The Labute approximate surface area is 176 Å². The molecule has 3 aromatic rings. The first-order chi connectivity index (χ1) is 13.8. The molecule has 29 heavy (non-hydrogen) atoms. The number of halogens is 1. The Hall–Kier alpha value is -2.55. The predicted molar refractivity (Wildman–Crippen MR) is 115 cm³/mol. The average molecular weight is 420 g/mol. The van der Waals surface area contributed by atoms with Crippen LogP contribution in [0.5, 0.6) is 11.5 Å². The Kier molecular flexibility index (Phi) is 7.13. The van der Waals surface area contributed by atoms with Crippen LogP contribution in [0, 0.1) is 0 Å². The molecule has 9 heteroatoms. The summed E-state index contributed by atoms with van der Waals surface area (Å²) in [6.07, 6.45) is 3.59. The lowest BCUT2D eigenvalue weighted by Crippen LogP contribution is -2.39. The van der Waals surface area contributed by atoms with Gasteiger partial charge in [-0.3, -0.25) is 4.90 Å². The van der Waals surface area contributed by atoms with Crippen LogP contribution in [-0.2, 0) is 4.74 Å². The first-order valence-corrected chi connectivity index (χ1v) is 9.38. The molecule has 0 atom stereocenters. The van der Waals surface area contributed by atoms with Crippen molar-refractivity contribution in [2.24, 2.45) is 0 Å². The van der Waals surface area contributed by atoms with Gasteiger partial charge in [0.05, 0.1) is 38.5 Å². The Morgan fingerprint density at radius 1 is 1.07 bits per heavy atom. The summed E-state index contributed by atoms with van der Waals surface area (Å²) in [5.74, 6) is 2.22. The molecular formula is C20H26ClN5O3. The zero-order chi connectivity index (χ0) is 19.3. The van der Waals surface area contributed by atoms with Crippen molar-refractivity contribution in [3.05, 3.63) is 36.8 Å². The van der Waals surface area contributed by atoms with Gasteiger partial charge in [0, 0.05) is 38.4 Å². The molecule has 0 saturated carbocycles. The van der Waals surface area contributed by atoms with E-state index in [0.29, 0.717) is 11.5 Å². The highest BCUT2D eigenvalue weighted by atomic mass is 35.5. The number of nitrogens with zero attached hydrogens (tertiary/aromatic N) is 4. The molecule has 3 heterocycles. The van der Waals surface area contributed by atoms with Crippen molar-refractivity contribution in [3.8, 4) is 17.2 Å². The van der Waals surface area contributed by atoms with Gasteiger partial charge in [0.15, 0.2) is 11.5 Å². The SMILES string of the molecule is COc1ccc(-n2ccc3c(NCCN4CCOCC4)ncnc32)cc1OC.Cl. The highest BCUT2D eigenvalue weighted by molar-refractivity contribution is 5.88. The number of nitrogens with one attached hydrogen (secondary N) is 1. The normalized spacial score (nSPS) is 14.4. The quantitative estimate of drug-likeness (QED) is 0.631. The van der Waals surface area contributed by atoms with Crippen LogP contribution in [0.15, 0.2) is 36.8 Å². The van der Waals surface area contributed by atoms with Crippen molar-refractivity contribution in [2.45, 2.75) is 0 Å². The molecule has 1 aromatic carbocycles. The molecule has 8 nitrogen and oxygen atoms in total. The molecule has 1 N–H and O–H groups in total. The molecule has 0 spiro atoms. The van der Waals surface area contributed by atoms with Gasteiger partial charge in [-0.1, -0.05) is 0 Å². The van der Waals surface area contributed by atoms with Gasteiger partial charge in [-0.05, 0) is 18.2 Å². The van der Waals surface area contributed by atoms with E-state index in [2.05, 4.69) is 20.2 Å². The summed E-state index contributed by atoms with van der Waals surface area (Å²) in [5.41, 5.74) is 1.79. The van der Waals surface area contributed by atoms with E-state index in [4.69, 9.17) is 14.2 Å². The number of morpholine rings is 1. The van der Waals surface area contributed by atoms with Gasteiger partial charge in [-0.15, -0.1) is 12.4 Å². The van der Waals surface area contributed by atoms with Crippen molar-refractivity contribution in [2.75, 3.05) is 58.9 Å². The molecule has 4 rings (SSSR count). The zero-order valence-corrected chi connectivity index (χ0v) is 17.4. The van der Waals surface area contributed by atoms with Gasteiger partial charge in [0.2, 0.25) is 0 Å². The van der Waals surface area contributed by atoms with E-state index >= 15 is 0 Å². The van der Waals surface area contributed by atoms with E-state index in [0.717, 1.165) is 61.9 Å². The van der Waals surface area contributed by atoms with Crippen LogP contribution >= 0.6 is 12.4 Å². The van der Waals surface area contributed by atoms with Crippen molar-refractivity contribution in [1.29, 1.82) is 0 Å². The number of ether oxygens (including phenoxy) is 3. The fourth-order valence-corrected chi connectivity index (χ4v) is 3.43. The van der Waals surface area contributed by atoms with Gasteiger partial charge in [0.25, 0.3) is 0 Å². The number of hydrogen-bond donors (Lipinski definition) is 1. The average Bonchev–Trinajstić information content (AvgIpc) is 3.19. The third-order valence-corrected chi connectivity index (χ3v) is 4.95. The molecule has 1 saturated heterocycles. The van der Waals surface area contributed by atoms with Gasteiger partial charge < -0.3 is 24.1 Å². The Morgan fingerprint density at radius 2 is 1.86 bits per heavy atom. The second-order valence-electron chi connectivity index (χ2n) is 6.57. The van der Waals surface area contributed by atoms with E-state index in [-0.39, 0.29) is 12.4 Å². The number of benzene rings is 1. The molecule has 1 fully saturated rings. The van der Waals surface area contributed by atoms with Crippen LogP contribution in [0.4, 0.5) is 5.82 Å². The van der Waals surface area contributed by atoms with Crippen LogP contribution in [-0.4, -0.2) is 73.0 Å². The lowest BCUT2D eigenvalue weighted by Gasteiger charge is -2.26. The van der Waals surface area contributed by atoms with Crippen molar-refractivity contribution in [1.82, 2.24) is 19.4 Å². The molecule has 0 radical (unpaired) electrons. The van der Waals surface area contributed by atoms with Gasteiger partial charge >= 0.3 is 0 Å². The molecule has 1 aliphatic rings. The number of fused-ring (bicyclic) bond motifs is 1. The molecular weight excluding hydrogens is 394 g/mol. The summed E-state index contributed by atoms with van der Waals surface area (Å²) in [4.78, 5) is 11.3. The summed E-state index contributed by atoms with van der Waals surface area (Å²) in [6, 6.07) is 7.84. The first-order valence-electron chi connectivity index (χ1n) is 9.38. The van der Waals surface area contributed by atoms with Crippen molar-refractivity contribution < 1.29 is 14.2 Å². The summed E-state index contributed by atoms with van der Waals surface area (Å²) >= 11 is 0. The molecule has 2 aromatic heterocycles. The summed E-state index contributed by atoms with van der Waals surface area (Å²) in [7, 11) is 3.26. The second kappa shape index (κ2) is 9.78. The molecule has 0 aliphatic carbocycles. The minimum Gasteiger partial charge on any atom is -0.493 e. The van der Waals surface area contributed by atoms with Crippen LogP contribution in [0.25, 0.3) is 16.7 Å².